The number of piperidine rings is 1. The highest BCUT2D eigenvalue weighted by atomic mass is 16.2. The minimum atomic E-state index is 0.209. The van der Waals surface area contributed by atoms with Crippen LogP contribution in [0.1, 0.15) is 75.2 Å². The van der Waals surface area contributed by atoms with Gasteiger partial charge in [0.1, 0.15) is 0 Å². The number of carbonyl (C=O) groups is 1. The van der Waals surface area contributed by atoms with Gasteiger partial charge in [-0.2, -0.15) is 0 Å². The second-order valence-corrected chi connectivity index (χ2v) is 9.30. The molecular weight excluding hydrogens is 358 g/mol. The third kappa shape index (κ3) is 6.55. The van der Waals surface area contributed by atoms with Crippen molar-refractivity contribution < 1.29 is 4.79 Å². The van der Waals surface area contributed by atoms with Crippen LogP contribution in [-0.2, 0) is 6.54 Å². The van der Waals surface area contributed by atoms with E-state index in [0.717, 1.165) is 50.5 Å². The van der Waals surface area contributed by atoms with Gasteiger partial charge < -0.3 is 9.80 Å². The molecule has 0 N–H and O–H groups in total. The number of hydrogen-bond donors (Lipinski definition) is 0. The zero-order chi connectivity index (χ0) is 20.6. The second kappa shape index (κ2) is 11.1. The van der Waals surface area contributed by atoms with Crippen molar-refractivity contribution in [3.8, 4) is 0 Å². The third-order valence-corrected chi connectivity index (χ3v) is 6.84. The van der Waals surface area contributed by atoms with Crippen molar-refractivity contribution in [1.29, 1.82) is 0 Å². The number of amides is 1. The van der Waals surface area contributed by atoms with Crippen molar-refractivity contribution in [2.75, 3.05) is 39.3 Å². The first-order chi connectivity index (χ1) is 14.1. The molecule has 0 aliphatic carbocycles. The SMILES string of the molecule is CCN(Cc1ccc(C(=O)N2CCC(CN3CCCCCC3)CC2)cc1)C(C)C. The van der Waals surface area contributed by atoms with E-state index in [4.69, 9.17) is 0 Å². The van der Waals surface area contributed by atoms with Gasteiger partial charge in [-0.05, 0) is 82.8 Å². The summed E-state index contributed by atoms with van der Waals surface area (Å²) in [4.78, 5) is 20.1. The summed E-state index contributed by atoms with van der Waals surface area (Å²) in [5.74, 6) is 0.969. The first-order valence-electron chi connectivity index (χ1n) is 11.9. The van der Waals surface area contributed by atoms with Gasteiger partial charge in [0.05, 0.1) is 0 Å². The molecule has 29 heavy (non-hydrogen) atoms. The van der Waals surface area contributed by atoms with Crippen LogP contribution >= 0.6 is 0 Å². The van der Waals surface area contributed by atoms with Crippen molar-refractivity contribution in [2.45, 2.75) is 71.9 Å². The van der Waals surface area contributed by atoms with Crippen LogP contribution in [0.4, 0.5) is 0 Å². The summed E-state index contributed by atoms with van der Waals surface area (Å²) in [5.41, 5.74) is 2.13. The van der Waals surface area contributed by atoms with E-state index < -0.39 is 0 Å². The van der Waals surface area contributed by atoms with Crippen molar-refractivity contribution >= 4 is 5.91 Å². The summed E-state index contributed by atoms with van der Waals surface area (Å²) in [5, 5.41) is 0. The average molecular weight is 400 g/mol. The maximum atomic E-state index is 12.9. The molecule has 4 nitrogen and oxygen atoms in total. The van der Waals surface area contributed by atoms with Gasteiger partial charge in [0.2, 0.25) is 0 Å². The van der Waals surface area contributed by atoms with Gasteiger partial charge in [0.25, 0.3) is 5.91 Å². The van der Waals surface area contributed by atoms with Crippen LogP contribution in [0.2, 0.25) is 0 Å². The molecule has 0 unspecified atom stereocenters. The molecule has 1 aromatic carbocycles. The molecule has 2 fully saturated rings. The first kappa shape index (κ1) is 22.3. The molecule has 4 heteroatoms. The monoisotopic (exact) mass is 399 g/mol. The zero-order valence-electron chi connectivity index (χ0n) is 18.9. The number of carbonyl (C=O) groups excluding carboxylic acids is 1. The third-order valence-electron chi connectivity index (χ3n) is 6.84. The summed E-state index contributed by atoms with van der Waals surface area (Å²) >= 11 is 0. The number of benzene rings is 1. The molecule has 2 heterocycles. The molecule has 0 radical (unpaired) electrons. The predicted octanol–water partition coefficient (Wildman–Crippen LogP) is 4.65. The Balaban J connectivity index is 1.47. The van der Waals surface area contributed by atoms with Crippen LogP contribution in [0, 0.1) is 5.92 Å². The smallest absolute Gasteiger partial charge is 0.253 e. The lowest BCUT2D eigenvalue weighted by Gasteiger charge is -2.34. The molecule has 0 spiro atoms. The van der Waals surface area contributed by atoms with Crippen LogP contribution in [0.15, 0.2) is 24.3 Å². The maximum absolute atomic E-state index is 12.9. The Bertz CT molecular complexity index is 611. The molecule has 2 aliphatic heterocycles. The Morgan fingerprint density at radius 3 is 2.17 bits per heavy atom. The van der Waals surface area contributed by atoms with Gasteiger partial charge in [-0.25, -0.2) is 0 Å². The van der Waals surface area contributed by atoms with E-state index in [1.165, 1.54) is 50.9 Å². The first-order valence-corrected chi connectivity index (χ1v) is 11.9. The summed E-state index contributed by atoms with van der Waals surface area (Å²) in [7, 11) is 0. The van der Waals surface area contributed by atoms with Crippen LogP contribution in [0.5, 0.6) is 0 Å². The molecule has 0 atom stereocenters. The lowest BCUT2D eigenvalue weighted by atomic mass is 9.95. The number of rotatable bonds is 7. The van der Waals surface area contributed by atoms with E-state index in [2.05, 4.69) is 47.6 Å². The van der Waals surface area contributed by atoms with Crippen LogP contribution in [-0.4, -0.2) is 65.9 Å². The minimum Gasteiger partial charge on any atom is -0.339 e. The Labute approximate surface area is 178 Å². The number of hydrogen-bond acceptors (Lipinski definition) is 3. The van der Waals surface area contributed by atoms with Crippen molar-refractivity contribution in [1.82, 2.24) is 14.7 Å². The fourth-order valence-corrected chi connectivity index (χ4v) is 4.83. The molecule has 0 bridgehead atoms. The summed E-state index contributed by atoms with van der Waals surface area (Å²) in [6.45, 7) is 14.3. The van der Waals surface area contributed by atoms with E-state index >= 15 is 0 Å². The van der Waals surface area contributed by atoms with Gasteiger partial charge >= 0.3 is 0 Å². The fourth-order valence-electron chi connectivity index (χ4n) is 4.83. The van der Waals surface area contributed by atoms with Gasteiger partial charge in [0, 0.05) is 37.8 Å². The van der Waals surface area contributed by atoms with E-state index in [1.54, 1.807) is 0 Å². The number of likely N-dealkylation sites (tertiary alicyclic amines) is 2. The minimum absolute atomic E-state index is 0.209. The molecule has 2 saturated heterocycles. The second-order valence-electron chi connectivity index (χ2n) is 9.30. The Morgan fingerprint density at radius 1 is 1.00 bits per heavy atom. The van der Waals surface area contributed by atoms with E-state index in [9.17, 15) is 4.79 Å². The molecule has 1 amide bonds. The molecular formula is C25H41N3O. The summed E-state index contributed by atoms with van der Waals surface area (Å²) in [6, 6.07) is 8.84. The van der Waals surface area contributed by atoms with Crippen molar-refractivity contribution in [2.24, 2.45) is 5.92 Å². The Kier molecular flexibility index (Phi) is 8.55. The number of nitrogens with zero attached hydrogens (tertiary/aromatic N) is 3. The summed E-state index contributed by atoms with van der Waals surface area (Å²) in [6.07, 6.45) is 7.83. The topological polar surface area (TPSA) is 26.8 Å². The van der Waals surface area contributed by atoms with Crippen LogP contribution in [0.25, 0.3) is 0 Å². The quantitative estimate of drug-likeness (QED) is 0.668. The molecule has 0 saturated carbocycles. The highest BCUT2D eigenvalue weighted by molar-refractivity contribution is 5.94. The Hall–Kier alpha value is -1.39. The zero-order valence-corrected chi connectivity index (χ0v) is 18.9. The van der Waals surface area contributed by atoms with Crippen molar-refractivity contribution in [3.63, 3.8) is 0 Å². The highest BCUT2D eigenvalue weighted by Crippen LogP contribution is 2.22. The Morgan fingerprint density at radius 2 is 1.62 bits per heavy atom. The standard InChI is InChI=1S/C25H41N3O/c1-4-27(21(2)3)20-22-9-11-24(12-10-22)25(29)28-17-13-23(14-18-28)19-26-15-7-5-6-8-16-26/h9-12,21,23H,4-8,13-20H2,1-3H3. The molecule has 162 valence electrons. The molecule has 3 rings (SSSR count). The predicted molar refractivity (Wildman–Crippen MR) is 121 cm³/mol. The van der Waals surface area contributed by atoms with Crippen LogP contribution in [0.3, 0.4) is 0 Å². The van der Waals surface area contributed by atoms with Gasteiger partial charge in [-0.15, -0.1) is 0 Å². The lowest BCUT2D eigenvalue weighted by molar-refractivity contribution is 0.0668. The maximum Gasteiger partial charge on any atom is 0.253 e. The fraction of sp³-hybridized carbons (Fsp3) is 0.720. The molecule has 2 aliphatic rings. The van der Waals surface area contributed by atoms with E-state index in [0.29, 0.717) is 6.04 Å². The molecule has 1 aromatic rings. The van der Waals surface area contributed by atoms with Gasteiger partial charge in [-0.3, -0.25) is 9.69 Å². The normalized spacial score (nSPS) is 19.7. The lowest BCUT2D eigenvalue weighted by Crippen LogP contribution is -2.41. The van der Waals surface area contributed by atoms with E-state index in [-0.39, 0.29) is 5.91 Å². The van der Waals surface area contributed by atoms with Crippen LogP contribution < -0.4 is 0 Å². The molecule has 0 aromatic heterocycles. The average Bonchev–Trinajstić information content (AvgIpc) is 3.01. The van der Waals surface area contributed by atoms with Gasteiger partial charge in [0.15, 0.2) is 0 Å². The van der Waals surface area contributed by atoms with Gasteiger partial charge in [-0.1, -0.05) is 31.9 Å². The van der Waals surface area contributed by atoms with E-state index in [1.807, 2.05) is 12.1 Å². The largest absolute Gasteiger partial charge is 0.339 e. The highest BCUT2D eigenvalue weighted by Gasteiger charge is 2.25. The summed E-state index contributed by atoms with van der Waals surface area (Å²) < 4.78 is 0. The van der Waals surface area contributed by atoms with Crippen molar-refractivity contribution in [3.05, 3.63) is 35.4 Å².